The van der Waals surface area contributed by atoms with Crippen LogP contribution in [0.25, 0.3) is 22.3 Å². The summed E-state index contributed by atoms with van der Waals surface area (Å²) in [7, 11) is -1.73. The summed E-state index contributed by atoms with van der Waals surface area (Å²) in [6.45, 7) is 1.78. The zero-order valence-electron chi connectivity index (χ0n) is 16.8. The Labute approximate surface area is 176 Å². The maximum absolute atomic E-state index is 13.7. The number of aryl methyl sites for hydroxylation is 1. The lowest BCUT2D eigenvalue weighted by Gasteiger charge is -2.11. The lowest BCUT2D eigenvalue weighted by Crippen LogP contribution is -2.27. The molecule has 0 bridgehead atoms. The molecule has 0 aliphatic heterocycles. The first-order valence-electron chi connectivity index (χ1n) is 9.06. The molecule has 0 aliphatic carbocycles. The highest BCUT2D eigenvalue weighted by Crippen LogP contribution is 2.31. The van der Waals surface area contributed by atoms with E-state index in [0.29, 0.717) is 27.5 Å². The second-order valence-corrected chi connectivity index (χ2v) is 8.97. The predicted octanol–water partition coefficient (Wildman–Crippen LogP) is 2.29. The molecule has 3 heterocycles. The number of sulfone groups is 1. The SMILES string of the molecule is CNc1nc(Nc2cc(C)cc(S(C)(=O)=O)c2)ncc1-c1n[nH]c2c1cc(F)c[n+]2[O-]. The summed E-state index contributed by atoms with van der Waals surface area (Å²) in [4.78, 5) is 8.85. The fourth-order valence-electron chi connectivity index (χ4n) is 3.17. The molecule has 0 spiro atoms. The van der Waals surface area contributed by atoms with Crippen LogP contribution in [0.2, 0.25) is 0 Å². The highest BCUT2D eigenvalue weighted by Gasteiger charge is 2.20. The normalized spacial score (nSPS) is 11.6. The summed E-state index contributed by atoms with van der Waals surface area (Å²) in [5, 5.41) is 24.8. The van der Waals surface area contributed by atoms with Crippen molar-refractivity contribution in [2.45, 2.75) is 11.8 Å². The van der Waals surface area contributed by atoms with Crippen molar-refractivity contribution in [3.63, 3.8) is 0 Å². The quantitative estimate of drug-likeness (QED) is 0.315. The first kappa shape index (κ1) is 20.5. The van der Waals surface area contributed by atoms with Gasteiger partial charge in [0.05, 0.1) is 15.8 Å². The van der Waals surface area contributed by atoms with Gasteiger partial charge in [0.25, 0.3) is 0 Å². The van der Waals surface area contributed by atoms with Gasteiger partial charge in [-0.2, -0.15) is 4.98 Å². The number of pyridine rings is 1. The van der Waals surface area contributed by atoms with Gasteiger partial charge >= 0.3 is 5.65 Å². The van der Waals surface area contributed by atoms with E-state index in [1.54, 1.807) is 26.1 Å². The van der Waals surface area contributed by atoms with E-state index >= 15 is 0 Å². The van der Waals surface area contributed by atoms with E-state index in [9.17, 15) is 18.0 Å². The van der Waals surface area contributed by atoms with Crippen LogP contribution in [-0.4, -0.2) is 41.9 Å². The second-order valence-electron chi connectivity index (χ2n) is 6.96. The van der Waals surface area contributed by atoms with Crippen molar-refractivity contribution in [2.24, 2.45) is 0 Å². The Morgan fingerprint density at radius 3 is 2.71 bits per heavy atom. The molecule has 0 atom stereocenters. The van der Waals surface area contributed by atoms with Gasteiger partial charge in [0.1, 0.15) is 17.7 Å². The number of hydrogen-bond acceptors (Lipinski definition) is 8. The molecule has 1 aromatic carbocycles. The number of H-pyrrole nitrogens is 1. The molecule has 0 saturated heterocycles. The fourth-order valence-corrected chi connectivity index (χ4v) is 3.91. The van der Waals surface area contributed by atoms with Crippen LogP contribution < -0.4 is 15.4 Å². The van der Waals surface area contributed by atoms with Crippen LogP contribution in [0, 0.1) is 17.9 Å². The summed E-state index contributed by atoms with van der Waals surface area (Å²) in [5.41, 5.74) is 2.13. The largest absolute Gasteiger partial charge is 0.710 e. The van der Waals surface area contributed by atoms with Crippen LogP contribution >= 0.6 is 0 Å². The Morgan fingerprint density at radius 1 is 1.23 bits per heavy atom. The van der Waals surface area contributed by atoms with Crippen LogP contribution in [0.1, 0.15) is 5.56 Å². The molecule has 0 radical (unpaired) electrons. The van der Waals surface area contributed by atoms with E-state index in [2.05, 4.69) is 30.8 Å². The third kappa shape index (κ3) is 3.97. The Morgan fingerprint density at radius 2 is 2.00 bits per heavy atom. The third-order valence-corrected chi connectivity index (χ3v) is 5.63. The number of rotatable bonds is 5. The van der Waals surface area contributed by atoms with E-state index in [0.717, 1.165) is 18.0 Å². The first-order valence-corrected chi connectivity index (χ1v) is 11.0. The van der Waals surface area contributed by atoms with E-state index in [1.807, 2.05) is 0 Å². The van der Waals surface area contributed by atoms with Crippen LogP contribution in [-0.2, 0) is 9.84 Å². The molecule has 0 aliphatic rings. The average Bonchev–Trinajstić information content (AvgIpc) is 3.10. The maximum atomic E-state index is 13.7. The number of nitrogens with one attached hydrogen (secondary N) is 3. The van der Waals surface area contributed by atoms with Gasteiger partial charge in [-0.25, -0.2) is 22.5 Å². The Bertz CT molecular complexity index is 1420. The monoisotopic (exact) mass is 443 g/mol. The first-order chi connectivity index (χ1) is 14.7. The van der Waals surface area contributed by atoms with E-state index in [-0.39, 0.29) is 21.9 Å². The van der Waals surface area contributed by atoms with Crippen molar-refractivity contribution >= 4 is 38.3 Å². The Balaban J connectivity index is 1.75. The van der Waals surface area contributed by atoms with Crippen molar-refractivity contribution in [3.8, 4) is 11.3 Å². The van der Waals surface area contributed by atoms with Crippen LogP contribution in [0.3, 0.4) is 0 Å². The molecule has 0 amide bonds. The average molecular weight is 443 g/mol. The lowest BCUT2D eigenvalue weighted by atomic mass is 10.1. The standard InChI is InChI=1S/C19H18FN7O3S/c1-10-4-12(7-13(5-10)31(3,29)30)23-19-22-8-15(17(21-2)24-19)16-14-6-11(20)9-27(28)18(14)26-25-16/h4-9H,1-3H3,(H,25,26)(H2,21,22,23,24). The van der Waals surface area contributed by atoms with Gasteiger partial charge in [0.2, 0.25) is 5.95 Å². The van der Waals surface area contributed by atoms with E-state index < -0.39 is 15.7 Å². The van der Waals surface area contributed by atoms with E-state index in [1.165, 1.54) is 18.3 Å². The minimum Gasteiger partial charge on any atom is -0.710 e. The van der Waals surface area contributed by atoms with Gasteiger partial charge in [0, 0.05) is 25.2 Å². The van der Waals surface area contributed by atoms with Crippen LogP contribution in [0.5, 0.6) is 0 Å². The highest BCUT2D eigenvalue weighted by atomic mass is 32.2. The van der Waals surface area contributed by atoms with Gasteiger partial charge in [-0.3, -0.25) is 0 Å². The minimum absolute atomic E-state index is 0.105. The molecule has 31 heavy (non-hydrogen) atoms. The summed E-state index contributed by atoms with van der Waals surface area (Å²) in [6, 6.07) is 6.04. The van der Waals surface area contributed by atoms with Gasteiger partial charge in [-0.1, -0.05) is 5.10 Å². The lowest BCUT2D eigenvalue weighted by molar-refractivity contribution is -0.580. The molecular weight excluding hydrogens is 425 g/mol. The molecule has 12 heteroatoms. The molecule has 0 unspecified atom stereocenters. The fraction of sp³-hybridized carbons (Fsp3) is 0.158. The second kappa shape index (κ2) is 7.47. The zero-order valence-corrected chi connectivity index (χ0v) is 17.6. The number of nitrogens with zero attached hydrogens (tertiary/aromatic N) is 4. The Kier molecular flexibility index (Phi) is 4.93. The van der Waals surface area contributed by atoms with Crippen LogP contribution in [0.4, 0.5) is 21.8 Å². The molecule has 4 aromatic rings. The third-order valence-electron chi connectivity index (χ3n) is 4.54. The summed E-state index contributed by atoms with van der Waals surface area (Å²) in [6.07, 6.45) is 3.42. The molecule has 10 nitrogen and oxygen atoms in total. The van der Waals surface area contributed by atoms with Gasteiger partial charge in [-0.05, 0) is 36.8 Å². The smallest absolute Gasteiger partial charge is 0.312 e. The number of anilines is 3. The molecule has 4 rings (SSSR count). The number of fused-ring (bicyclic) bond motifs is 1. The summed E-state index contributed by atoms with van der Waals surface area (Å²) < 4.78 is 37.9. The summed E-state index contributed by atoms with van der Waals surface area (Å²) in [5.74, 6) is -0.108. The molecule has 3 aromatic heterocycles. The molecule has 3 N–H and O–H groups in total. The zero-order chi connectivity index (χ0) is 22.3. The van der Waals surface area contributed by atoms with Crippen molar-refractivity contribution in [2.75, 3.05) is 23.9 Å². The van der Waals surface area contributed by atoms with Gasteiger partial charge in [-0.15, -0.1) is 5.10 Å². The van der Waals surface area contributed by atoms with Crippen molar-refractivity contribution in [3.05, 3.63) is 53.2 Å². The van der Waals surface area contributed by atoms with Crippen molar-refractivity contribution < 1.29 is 17.5 Å². The number of hydrogen-bond donors (Lipinski definition) is 3. The predicted molar refractivity (Wildman–Crippen MR) is 113 cm³/mol. The molecule has 160 valence electrons. The van der Waals surface area contributed by atoms with Gasteiger partial charge in [0.15, 0.2) is 15.7 Å². The molecule has 0 fully saturated rings. The minimum atomic E-state index is -3.38. The van der Waals surface area contributed by atoms with Crippen LogP contribution in [0.15, 0.2) is 41.6 Å². The number of aromatic amines is 1. The molecular formula is C19H18FN7O3S. The highest BCUT2D eigenvalue weighted by molar-refractivity contribution is 7.90. The topological polar surface area (TPSA) is 140 Å². The van der Waals surface area contributed by atoms with Crippen molar-refractivity contribution in [1.29, 1.82) is 0 Å². The Hall–Kier alpha value is -3.80. The van der Waals surface area contributed by atoms with E-state index in [4.69, 9.17) is 0 Å². The maximum Gasteiger partial charge on any atom is 0.312 e. The van der Waals surface area contributed by atoms with Crippen molar-refractivity contribution in [1.82, 2.24) is 20.2 Å². The summed E-state index contributed by atoms with van der Waals surface area (Å²) >= 11 is 0. The molecule has 0 saturated carbocycles. The number of benzene rings is 1. The number of halogens is 1. The van der Waals surface area contributed by atoms with Gasteiger partial charge < -0.3 is 15.8 Å². The number of aromatic nitrogens is 5.